The predicted octanol–water partition coefficient (Wildman–Crippen LogP) is 3.70. The van der Waals surface area contributed by atoms with Crippen LogP contribution >= 0.6 is 23.2 Å². The SMILES string of the molecule is CC(C)C1(Cl)C=CC=C(Cl)C1. The van der Waals surface area contributed by atoms with Gasteiger partial charge in [-0.2, -0.15) is 0 Å². The molecule has 0 heterocycles. The van der Waals surface area contributed by atoms with Gasteiger partial charge in [-0.25, -0.2) is 0 Å². The molecule has 0 bridgehead atoms. The second-order valence-electron chi connectivity index (χ2n) is 3.23. The summed E-state index contributed by atoms with van der Waals surface area (Å²) in [4.78, 5) is -0.258. The van der Waals surface area contributed by atoms with Crippen molar-refractivity contribution in [2.24, 2.45) is 5.92 Å². The summed E-state index contributed by atoms with van der Waals surface area (Å²) < 4.78 is 0. The Balaban J connectivity index is 2.78. The third-order valence-electron chi connectivity index (χ3n) is 2.05. The lowest BCUT2D eigenvalue weighted by molar-refractivity contribution is 0.499. The van der Waals surface area contributed by atoms with Crippen LogP contribution in [-0.4, -0.2) is 4.87 Å². The number of halogens is 2. The van der Waals surface area contributed by atoms with E-state index < -0.39 is 0 Å². The predicted molar refractivity (Wildman–Crippen MR) is 51.1 cm³/mol. The molecule has 0 N–H and O–H groups in total. The molecule has 0 radical (unpaired) electrons. The molecule has 0 fully saturated rings. The van der Waals surface area contributed by atoms with Crippen molar-refractivity contribution in [2.45, 2.75) is 25.1 Å². The van der Waals surface area contributed by atoms with E-state index in [0.717, 1.165) is 11.5 Å². The Kier molecular flexibility index (Phi) is 2.66. The minimum Gasteiger partial charge on any atom is -0.114 e. The summed E-state index contributed by atoms with van der Waals surface area (Å²) >= 11 is 12.2. The second-order valence-corrected chi connectivity index (χ2v) is 4.42. The van der Waals surface area contributed by atoms with Gasteiger partial charge in [-0.15, -0.1) is 11.6 Å². The van der Waals surface area contributed by atoms with Crippen molar-refractivity contribution in [1.82, 2.24) is 0 Å². The Hall–Kier alpha value is 0.0600. The summed E-state index contributed by atoms with van der Waals surface area (Å²) in [5.41, 5.74) is 0. The monoisotopic (exact) mass is 190 g/mol. The Morgan fingerprint density at radius 2 is 2.18 bits per heavy atom. The molecular formula is C9H12Cl2. The third kappa shape index (κ3) is 2.00. The van der Waals surface area contributed by atoms with E-state index in [2.05, 4.69) is 13.8 Å². The zero-order valence-corrected chi connectivity index (χ0v) is 8.28. The topological polar surface area (TPSA) is 0 Å². The fraction of sp³-hybridized carbons (Fsp3) is 0.556. The quantitative estimate of drug-likeness (QED) is 0.554. The number of alkyl halides is 1. The largest absolute Gasteiger partial charge is 0.114 e. The average molecular weight is 191 g/mol. The number of rotatable bonds is 1. The summed E-state index contributed by atoms with van der Waals surface area (Å²) in [6, 6.07) is 0. The van der Waals surface area contributed by atoms with E-state index in [4.69, 9.17) is 23.2 Å². The lowest BCUT2D eigenvalue weighted by Crippen LogP contribution is -2.26. The molecule has 1 aliphatic rings. The van der Waals surface area contributed by atoms with E-state index in [1.54, 1.807) is 0 Å². The number of allylic oxidation sites excluding steroid dienone is 4. The standard InChI is InChI=1S/C9H12Cl2/c1-7(2)9(11)5-3-4-8(10)6-9/h3-5,7H,6H2,1-2H3. The van der Waals surface area contributed by atoms with Gasteiger partial charge < -0.3 is 0 Å². The minimum absolute atomic E-state index is 0.258. The highest BCUT2D eigenvalue weighted by atomic mass is 35.5. The highest BCUT2D eigenvalue weighted by molar-refractivity contribution is 6.32. The van der Waals surface area contributed by atoms with E-state index in [9.17, 15) is 0 Å². The molecule has 11 heavy (non-hydrogen) atoms. The van der Waals surface area contributed by atoms with Crippen molar-refractivity contribution >= 4 is 23.2 Å². The molecule has 0 amide bonds. The smallest absolute Gasteiger partial charge is 0.0700 e. The van der Waals surface area contributed by atoms with E-state index in [-0.39, 0.29) is 4.87 Å². The maximum atomic E-state index is 6.29. The maximum absolute atomic E-state index is 6.29. The summed E-state index contributed by atoms with van der Waals surface area (Å²) in [7, 11) is 0. The first-order chi connectivity index (χ1) is 5.04. The van der Waals surface area contributed by atoms with Crippen LogP contribution < -0.4 is 0 Å². The van der Waals surface area contributed by atoms with Gasteiger partial charge in [-0.3, -0.25) is 0 Å². The van der Waals surface area contributed by atoms with Crippen LogP contribution in [0.2, 0.25) is 0 Å². The molecular weight excluding hydrogens is 179 g/mol. The summed E-state index contributed by atoms with van der Waals surface area (Å²) in [5, 5.41) is 0.844. The van der Waals surface area contributed by atoms with Gasteiger partial charge in [0.05, 0.1) is 4.87 Å². The lowest BCUT2D eigenvalue weighted by Gasteiger charge is -2.29. The molecule has 1 atom stereocenters. The average Bonchev–Trinajstić information content (AvgIpc) is 1.86. The van der Waals surface area contributed by atoms with E-state index in [0.29, 0.717) is 5.92 Å². The van der Waals surface area contributed by atoms with Crippen LogP contribution in [0.15, 0.2) is 23.3 Å². The van der Waals surface area contributed by atoms with Crippen LogP contribution in [0.4, 0.5) is 0 Å². The van der Waals surface area contributed by atoms with Crippen LogP contribution in [-0.2, 0) is 0 Å². The van der Waals surface area contributed by atoms with Crippen LogP contribution in [0.5, 0.6) is 0 Å². The number of hydrogen-bond acceptors (Lipinski definition) is 0. The molecule has 0 saturated carbocycles. The fourth-order valence-electron chi connectivity index (χ4n) is 1.09. The molecule has 1 rings (SSSR count). The number of hydrogen-bond donors (Lipinski definition) is 0. The minimum atomic E-state index is -0.258. The molecule has 1 unspecified atom stereocenters. The third-order valence-corrected chi connectivity index (χ3v) is 3.01. The van der Waals surface area contributed by atoms with E-state index >= 15 is 0 Å². The molecule has 0 nitrogen and oxygen atoms in total. The molecule has 0 aliphatic heterocycles. The van der Waals surface area contributed by atoms with Gasteiger partial charge in [0.2, 0.25) is 0 Å². The van der Waals surface area contributed by atoms with Crippen molar-refractivity contribution in [3.05, 3.63) is 23.3 Å². The molecule has 2 heteroatoms. The molecule has 0 aromatic rings. The van der Waals surface area contributed by atoms with Crippen LogP contribution in [0.3, 0.4) is 0 Å². The van der Waals surface area contributed by atoms with Gasteiger partial charge in [-0.1, -0.05) is 37.6 Å². The Morgan fingerprint density at radius 3 is 2.55 bits per heavy atom. The molecule has 0 aromatic carbocycles. The van der Waals surface area contributed by atoms with Gasteiger partial charge in [0.15, 0.2) is 0 Å². The van der Waals surface area contributed by atoms with Gasteiger partial charge >= 0.3 is 0 Å². The summed E-state index contributed by atoms with van der Waals surface area (Å²) in [6.45, 7) is 4.21. The molecule has 0 aromatic heterocycles. The van der Waals surface area contributed by atoms with E-state index in [1.165, 1.54) is 0 Å². The van der Waals surface area contributed by atoms with Gasteiger partial charge in [-0.05, 0) is 12.0 Å². The molecule has 0 saturated heterocycles. The highest BCUT2D eigenvalue weighted by Crippen LogP contribution is 2.37. The van der Waals surface area contributed by atoms with Gasteiger partial charge in [0.1, 0.15) is 0 Å². The summed E-state index contributed by atoms with van der Waals surface area (Å²) in [5.74, 6) is 0.419. The zero-order chi connectivity index (χ0) is 8.48. The fourth-order valence-corrected chi connectivity index (χ4v) is 1.66. The maximum Gasteiger partial charge on any atom is 0.0700 e. The van der Waals surface area contributed by atoms with Crippen LogP contribution in [0.1, 0.15) is 20.3 Å². The van der Waals surface area contributed by atoms with Crippen LogP contribution in [0.25, 0.3) is 0 Å². The second kappa shape index (κ2) is 3.20. The van der Waals surface area contributed by atoms with Crippen LogP contribution in [0, 0.1) is 5.92 Å². The van der Waals surface area contributed by atoms with Gasteiger partial charge in [0, 0.05) is 11.5 Å². The van der Waals surface area contributed by atoms with Crippen molar-refractivity contribution in [3.8, 4) is 0 Å². The van der Waals surface area contributed by atoms with Crippen molar-refractivity contribution < 1.29 is 0 Å². The molecule has 62 valence electrons. The Bertz CT molecular complexity index is 204. The molecule has 0 spiro atoms. The lowest BCUT2D eigenvalue weighted by atomic mass is 9.88. The van der Waals surface area contributed by atoms with Gasteiger partial charge in [0.25, 0.3) is 0 Å². The highest BCUT2D eigenvalue weighted by Gasteiger charge is 2.30. The Morgan fingerprint density at radius 1 is 1.55 bits per heavy atom. The normalized spacial score (nSPS) is 30.8. The Labute approximate surface area is 77.9 Å². The van der Waals surface area contributed by atoms with Crippen molar-refractivity contribution in [3.63, 3.8) is 0 Å². The first kappa shape index (κ1) is 9.15. The first-order valence-electron chi connectivity index (χ1n) is 3.77. The summed E-state index contributed by atoms with van der Waals surface area (Å²) in [6.07, 6.45) is 6.60. The van der Waals surface area contributed by atoms with Crippen molar-refractivity contribution in [2.75, 3.05) is 0 Å². The zero-order valence-electron chi connectivity index (χ0n) is 6.77. The van der Waals surface area contributed by atoms with E-state index in [1.807, 2.05) is 18.2 Å². The first-order valence-corrected chi connectivity index (χ1v) is 4.53. The molecule has 1 aliphatic carbocycles. The van der Waals surface area contributed by atoms with Crippen molar-refractivity contribution in [1.29, 1.82) is 0 Å².